The van der Waals surface area contributed by atoms with Crippen molar-refractivity contribution in [3.05, 3.63) is 69.3 Å². The van der Waals surface area contributed by atoms with Gasteiger partial charge in [-0.25, -0.2) is 13.2 Å². The first kappa shape index (κ1) is 17.6. The van der Waals surface area contributed by atoms with E-state index in [1.807, 2.05) is 0 Å². The van der Waals surface area contributed by atoms with Gasteiger partial charge in [0, 0.05) is 6.07 Å². The maximum absolute atomic E-state index is 12.5. The monoisotopic (exact) mass is 349 g/mol. The third-order valence-electron chi connectivity index (χ3n) is 3.51. The number of carboxylic acids is 1. The summed E-state index contributed by atoms with van der Waals surface area (Å²) in [7, 11) is -3.84. The molecule has 0 unspecified atom stereocenters. The molecule has 0 saturated heterocycles. The number of hydrogen-bond acceptors (Lipinski definition) is 5. The molecule has 8 heteroatoms. The van der Waals surface area contributed by atoms with Crippen molar-refractivity contribution in [1.29, 1.82) is 0 Å². The zero-order chi connectivity index (χ0) is 17.9. The Morgan fingerprint density at radius 1 is 1.17 bits per heavy atom. The molecule has 7 nitrogen and oxygen atoms in total. The summed E-state index contributed by atoms with van der Waals surface area (Å²) in [6.07, 6.45) is 0.132. The second-order valence-electron chi connectivity index (χ2n) is 5.30. The summed E-state index contributed by atoms with van der Waals surface area (Å²) >= 11 is 0. The highest BCUT2D eigenvalue weighted by atomic mass is 32.2. The molecule has 0 bridgehead atoms. The van der Waals surface area contributed by atoms with Gasteiger partial charge in [0.2, 0.25) is 0 Å². The molecule has 0 aliphatic heterocycles. The van der Waals surface area contributed by atoms with Crippen LogP contribution in [0.15, 0.2) is 47.4 Å². The molecule has 126 valence electrons. The fourth-order valence-electron chi connectivity index (χ4n) is 2.20. The SMILES string of the molecule is Cc1ccc([N+](=O)[O-])c(S(=O)(=O)CCc2ccc(C(=O)O)cc2)c1. The average molecular weight is 349 g/mol. The Balaban J connectivity index is 2.24. The van der Waals surface area contributed by atoms with Crippen molar-refractivity contribution < 1.29 is 23.2 Å². The Hall–Kier alpha value is -2.74. The van der Waals surface area contributed by atoms with E-state index in [2.05, 4.69) is 0 Å². The van der Waals surface area contributed by atoms with Gasteiger partial charge in [-0.05, 0) is 42.7 Å². The van der Waals surface area contributed by atoms with Crippen LogP contribution in [0, 0.1) is 17.0 Å². The van der Waals surface area contributed by atoms with E-state index in [-0.39, 0.29) is 22.6 Å². The topological polar surface area (TPSA) is 115 Å². The number of nitrogens with zero attached hydrogens (tertiary/aromatic N) is 1. The smallest absolute Gasteiger partial charge is 0.335 e. The van der Waals surface area contributed by atoms with E-state index in [1.165, 1.54) is 42.5 Å². The maximum Gasteiger partial charge on any atom is 0.335 e. The largest absolute Gasteiger partial charge is 0.478 e. The standard InChI is InChI=1S/C16H15NO6S/c1-11-2-7-14(17(20)21)15(10-11)24(22,23)9-8-12-3-5-13(6-4-12)16(18)19/h2-7,10H,8-9H2,1H3,(H,18,19). The van der Waals surface area contributed by atoms with Crippen LogP contribution < -0.4 is 0 Å². The van der Waals surface area contributed by atoms with E-state index < -0.39 is 26.4 Å². The Labute approximate surface area is 138 Å². The highest BCUT2D eigenvalue weighted by Gasteiger charge is 2.25. The molecule has 0 saturated carbocycles. The van der Waals surface area contributed by atoms with E-state index in [9.17, 15) is 23.3 Å². The first-order valence-corrected chi connectivity index (χ1v) is 8.66. The Morgan fingerprint density at radius 2 is 1.79 bits per heavy atom. The van der Waals surface area contributed by atoms with Crippen molar-refractivity contribution in [2.45, 2.75) is 18.2 Å². The molecule has 2 rings (SSSR count). The maximum atomic E-state index is 12.5. The summed E-state index contributed by atoms with van der Waals surface area (Å²) in [5.41, 5.74) is 0.918. The molecule has 0 aliphatic rings. The summed E-state index contributed by atoms with van der Waals surface area (Å²) in [6.45, 7) is 1.66. The summed E-state index contributed by atoms with van der Waals surface area (Å²) in [5.74, 6) is -1.37. The minimum Gasteiger partial charge on any atom is -0.478 e. The Kier molecular flexibility index (Phi) is 4.99. The van der Waals surface area contributed by atoms with Gasteiger partial charge in [0.15, 0.2) is 9.84 Å². The number of hydrogen-bond donors (Lipinski definition) is 1. The first-order valence-electron chi connectivity index (χ1n) is 7.01. The molecule has 0 aliphatic carbocycles. The second kappa shape index (κ2) is 6.79. The number of aryl methyl sites for hydroxylation is 2. The fraction of sp³-hybridized carbons (Fsp3) is 0.188. The third-order valence-corrected chi connectivity index (χ3v) is 5.25. The molecule has 1 N–H and O–H groups in total. The number of carbonyl (C=O) groups is 1. The van der Waals surface area contributed by atoms with Crippen LogP contribution in [0.1, 0.15) is 21.5 Å². The minimum atomic E-state index is -3.84. The van der Waals surface area contributed by atoms with Gasteiger partial charge in [0.1, 0.15) is 4.90 Å². The van der Waals surface area contributed by atoms with Gasteiger partial charge < -0.3 is 5.11 Å². The lowest BCUT2D eigenvalue weighted by molar-refractivity contribution is -0.387. The highest BCUT2D eigenvalue weighted by Crippen LogP contribution is 2.26. The molecule has 2 aromatic rings. The van der Waals surface area contributed by atoms with Gasteiger partial charge in [-0.1, -0.05) is 18.2 Å². The van der Waals surface area contributed by atoms with Gasteiger partial charge in [-0.2, -0.15) is 0 Å². The van der Waals surface area contributed by atoms with Gasteiger partial charge in [0.25, 0.3) is 5.69 Å². The van der Waals surface area contributed by atoms with E-state index in [1.54, 1.807) is 6.92 Å². The zero-order valence-corrected chi connectivity index (χ0v) is 13.6. The van der Waals surface area contributed by atoms with Gasteiger partial charge in [-0.15, -0.1) is 0 Å². The van der Waals surface area contributed by atoms with Crippen molar-refractivity contribution in [3.63, 3.8) is 0 Å². The minimum absolute atomic E-state index is 0.107. The van der Waals surface area contributed by atoms with Crippen LogP contribution in [0.4, 0.5) is 5.69 Å². The van der Waals surface area contributed by atoms with Gasteiger partial charge >= 0.3 is 5.97 Å². The molecule has 24 heavy (non-hydrogen) atoms. The van der Waals surface area contributed by atoms with Crippen LogP contribution in [0.5, 0.6) is 0 Å². The molecule has 0 amide bonds. The molecule has 0 spiro atoms. The van der Waals surface area contributed by atoms with Crippen molar-refractivity contribution in [2.24, 2.45) is 0 Å². The van der Waals surface area contributed by atoms with Crippen LogP contribution in [0.25, 0.3) is 0 Å². The molecular weight excluding hydrogens is 334 g/mol. The van der Waals surface area contributed by atoms with Crippen molar-refractivity contribution in [3.8, 4) is 0 Å². The number of sulfone groups is 1. The molecule has 0 atom stereocenters. The van der Waals surface area contributed by atoms with Gasteiger partial charge in [0.05, 0.1) is 16.2 Å². The lowest BCUT2D eigenvalue weighted by Crippen LogP contribution is -2.12. The number of aromatic carboxylic acids is 1. The number of nitro groups is 1. The molecule has 0 aromatic heterocycles. The lowest BCUT2D eigenvalue weighted by atomic mass is 10.1. The number of nitro benzene ring substituents is 1. The molecular formula is C16H15NO6S. The van der Waals surface area contributed by atoms with E-state index in [0.717, 1.165) is 0 Å². The first-order chi connectivity index (χ1) is 11.2. The highest BCUT2D eigenvalue weighted by molar-refractivity contribution is 7.91. The van der Waals surface area contributed by atoms with Crippen LogP contribution in [0.3, 0.4) is 0 Å². The number of rotatable bonds is 6. The molecule has 0 fully saturated rings. The van der Waals surface area contributed by atoms with Crippen LogP contribution >= 0.6 is 0 Å². The summed E-state index contributed by atoms with van der Waals surface area (Å²) in [4.78, 5) is 20.8. The van der Waals surface area contributed by atoms with Crippen LogP contribution in [0.2, 0.25) is 0 Å². The van der Waals surface area contributed by atoms with E-state index in [0.29, 0.717) is 11.1 Å². The summed E-state index contributed by atoms with van der Waals surface area (Å²) in [5, 5.41) is 19.9. The molecule has 0 radical (unpaired) electrons. The van der Waals surface area contributed by atoms with Crippen molar-refractivity contribution in [2.75, 3.05) is 5.75 Å². The van der Waals surface area contributed by atoms with Crippen LogP contribution in [-0.4, -0.2) is 30.2 Å². The average Bonchev–Trinajstić information content (AvgIpc) is 2.53. The predicted octanol–water partition coefficient (Wildman–Crippen LogP) is 2.62. The van der Waals surface area contributed by atoms with Crippen molar-refractivity contribution >= 4 is 21.5 Å². The lowest BCUT2D eigenvalue weighted by Gasteiger charge is -2.07. The van der Waals surface area contributed by atoms with E-state index in [4.69, 9.17) is 5.11 Å². The number of carboxylic acid groups (broad SMARTS) is 1. The van der Waals surface area contributed by atoms with Crippen molar-refractivity contribution in [1.82, 2.24) is 0 Å². The van der Waals surface area contributed by atoms with Crippen LogP contribution in [-0.2, 0) is 16.3 Å². The van der Waals surface area contributed by atoms with E-state index >= 15 is 0 Å². The molecule has 2 aromatic carbocycles. The zero-order valence-electron chi connectivity index (χ0n) is 12.8. The number of benzene rings is 2. The quantitative estimate of drug-likeness (QED) is 0.633. The summed E-state index contributed by atoms with van der Waals surface area (Å²) in [6, 6.07) is 9.80. The third kappa shape index (κ3) is 3.96. The second-order valence-corrected chi connectivity index (χ2v) is 7.38. The Morgan fingerprint density at radius 3 is 2.33 bits per heavy atom. The fourth-order valence-corrected chi connectivity index (χ4v) is 3.75. The molecule has 0 heterocycles. The van der Waals surface area contributed by atoms with Gasteiger partial charge in [-0.3, -0.25) is 10.1 Å². The Bertz CT molecular complexity index is 887. The predicted molar refractivity (Wildman–Crippen MR) is 87.0 cm³/mol. The summed E-state index contributed by atoms with van der Waals surface area (Å²) < 4.78 is 24.9. The normalized spacial score (nSPS) is 11.2.